The lowest BCUT2D eigenvalue weighted by atomic mass is 10.00. The molecule has 2 aliphatic heterocycles. The predicted octanol–water partition coefficient (Wildman–Crippen LogP) is 8.65. The molecule has 0 aliphatic carbocycles. The van der Waals surface area contributed by atoms with Gasteiger partial charge < -0.3 is 24.8 Å². The summed E-state index contributed by atoms with van der Waals surface area (Å²) in [5.74, 6) is -0.282. The maximum Gasteiger partial charge on any atom is 0.334 e. The number of aliphatic hydroxyl groups is 3. The number of hydrogen-bond donors (Lipinski definition) is 3. The molecule has 0 bridgehead atoms. The second kappa shape index (κ2) is 24.1. The highest BCUT2D eigenvalue weighted by Crippen LogP contribution is 2.28. The smallest absolute Gasteiger partial charge is 0.334 e. The van der Waals surface area contributed by atoms with E-state index in [-0.39, 0.29) is 24.3 Å². The van der Waals surface area contributed by atoms with E-state index in [9.17, 15) is 20.1 Å². The van der Waals surface area contributed by atoms with Crippen LogP contribution in [0.15, 0.2) is 23.8 Å². The minimum Gasteiger partial charge on any atom is -0.455 e. The Balaban J connectivity index is 1.38. The number of rotatable bonds is 27. The van der Waals surface area contributed by atoms with Gasteiger partial charge >= 0.3 is 5.97 Å². The first kappa shape index (κ1) is 38.0. The number of aliphatic hydroxyl groups excluding tert-OH is 3. The molecule has 250 valence electrons. The molecule has 0 saturated carbocycles. The maximum atomic E-state index is 11.6. The van der Waals surface area contributed by atoms with Crippen molar-refractivity contribution < 1.29 is 29.6 Å². The summed E-state index contributed by atoms with van der Waals surface area (Å²) in [5.41, 5.74) is 0.615. The highest BCUT2D eigenvalue weighted by molar-refractivity contribution is 5.90. The van der Waals surface area contributed by atoms with Crippen molar-refractivity contribution >= 4 is 5.97 Å². The third-order valence-electron chi connectivity index (χ3n) is 9.20. The van der Waals surface area contributed by atoms with Crippen LogP contribution in [0.4, 0.5) is 0 Å². The first-order valence-electron chi connectivity index (χ1n) is 18.2. The van der Waals surface area contributed by atoms with Crippen molar-refractivity contribution in [3.8, 4) is 0 Å². The van der Waals surface area contributed by atoms with E-state index in [1.807, 2.05) is 13.0 Å². The van der Waals surface area contributed by atoms with Crippen LogP contribution in [0.2, 0.25) is 0 Å². The van der Waals surface area contributed by atoms with E-state index < -0.39 is 18.3 Å². The summed E-state index contributed by atoms with van der Waals surface area (Å²) in [6.07, 6.45) is 30.7. The Kier molecular flexibility index (Phi) is 21.3. The van der Waals surface area contributed by atoms with Gasteiger partial charge in [0.05, 0.1) is 30.5 Å². The molecule has 6 heteroatoms. The van der Waals surface area contributed by atoms with Gasteiger partial charge in [0.15, 0.2) is 0 Å². The number of unbranched alkanes of at least 4 members (excludes halogenated alkanes) is 15. The molecule has 2 rings (SSSR count). The van der Waals surface area contributed by atoms with Gasteiger partial charge in [-0.3, -0.25) is 0 Å². The lowest BCUT2D eigenvalue weighted by Crippen LogP contribution is -2.30. The first-order valence-corrected chi connectivity index (χ1v) is 18.2. The molecule has 6 unspecified atom stereocenters. The molecule has 0 aromatic heterocycles. The Labute approximate surface area is 263 Å². The van der Waals surface area contributed by atoms with Crippen LogP contribution in [0.25, 0.3) is 0 Å². The van der Waals surface area contributed by atoms with Gasteiger partial charge in [-0.25, -0.2) is 4.79 Å². The van der Waals surface area contributed by atoms with E-state index in [0.29, 0.717) is 12.0 Å². The molecule has 1 fully saturated rings. The van der Waals surface area contributed by atoms with Gasteiger partial charge in [-0.2, -0.15) is 0 Å². The number of ether oxygens (including phenoxy) is 2. The van der Waals surface area contributed by atoms with E-state index in [1.165, 1.54) is 77.0 Å². The average molecular weight is 607 g/mol. The molecule has 43 heavy (non-hydrogen) atoms. The molecule has 0 aromatic rings. The summed E-state index contributed by atoms with van der Waals surface area (Å²) in [7, 11) is 0. The molecule has 6 nitrogen and oxygen atoms in total. The first-order chi connectivity index (χ1) is 20.9. The van der Waals surface area contributed by atoms with Crippen LogP contribution in [0.5, 0.6) is 0 Å². The van der Waals surface area contributed by atoms with Gasteiger partial charge in [-0.15, -0.1) is 0 Å². The van der Waals surface area contributed by atoms with E-state index in [1.54, 1.807) is 0 Å². The molecule has 2 heterocycles. The van der Waals surface area contributed by atoms with Crippen LogP contribution in [0, 0.1) is 0 Å². The summed E-state index contributed by atoms with van der Waals surface area (Å²) in [5, 5.41) is 31.4. The van der Waals surface area contributed by atoms with Crippen molar-refractivity contribution in [2.75, 3.05) is 0 Å². The Morgan fingerprint density at radius 2 is 1.23 bits per heavy atom. The minimum atomic E-state index is -0.464. The number of allylic oxidation sites excluding steroid dienone is 2. The van der Waals surface area contributed by atoms with Gasteiger partial charge in [-0.1, -0.05) is 115 Å². The molecular formula is C37H66O6. The third-order valence-corrected chi connectivity index (χ3v) is 9.20. The average Bonchev–Trinajstić information content (AvgIpc) is 3.60. The summed E-state index contributed by atoms with van der Waals surface area (Å²) in [6.45, 7) is 4.10. The van der Waals surface area contributed by atoms with Crippen molar-refractivity contribution in [1.29, 1.82) is 0 Å². The number of carbonyl (C=O) groups is 1. The number of carbonyl (C=O) groups excluding carboxylic acids is 1. The Bertz CT molecular complexity index is 764. The Morgan fingerprint density at radius 3 is 1.81 bits per heavy atom. The lowest BCUT2D eigenvalue weighted by Gasteiger charge is -2.22. The fourth-order valence-corrected chi connectivity index (χ4v) is 6.46. The van der Waals surface area contributed by atoms with Crippen LogP contribution in [0.1, 0.15) is 168 Å². The monoisotopic (exact) mass is 606 g/mol. The molecule has 6 atom stereocenters. The minimum absolute atomic E-state index is 0.133. The van der Waals surface area contributed by atoms with Crippen LogP contribution in [-0.4, -0.2) is 57.9 Å². The maximum absolute atomic E-state index is 11.6. The van der Waals surface area contributed by atoms with Gasteiger partial charge in [0.1, 0.15) is 6.10 Å². The fraction of sp³-hybridized carbons (Fsp3) is 0.865. The molecule has 0 radical (unpaired) electrons. The van der Waals surface area contributed by atoms with E-state index >= 15 is 0 Å². The summed E-state index contributed by atoms with van der Waals surface area (Å²) in [4.78, 5) is 11.6. The molecule has 0 aromatic carbocycles. The largest absolute Gasteiger partial charge is 0.455 e. The summed E-state index contributed by atoms with van der Waals surface area (Å²) in [6, 6.07) is 0. The van der Waals surface area contributed by atoms with E-state index in [4.69, 9.17) is 9.47 Å². The summed E-state index contributed by atoms with van der Waals surface area (Å²) >= 11 is 0. The molecular weight excluding hydrogens is 540 g/mol. The standard InChI is InChI=1S/C37H66O6/c1-3-4-5-6-7-8-9-10-11-15-18-21-24-33(39)35-26-27-36(43-35)34(40)25-22-19-16-13-12-14-17-20-23-32(38)29-31-28-30(2)42-37(31)41/h15,18,28,30,32-36,38-40H,3-14,16-17,19-27,29H2,1-2H3/b18-15-. The Morgan fingerprint density at radius 1 is 0.721 bits per heavy atom. The van der Waals surface area contributed by atoms with Crippen molar-refractivity contribution in [2.24, 2.45) is 0 Å². The number of esters is 1. The van der Waals surface area contributed by atoms with Crippen LogP contribution >= 0.6 is 0 Å². The zero-order chi connectivity index (χ0) is 31.1. The van der Waals surface area contributed by atoms with Crippen molar-refractivity contribution in [3.05, 3.63) is 23.8 Å². The van der Waals surface area contributed by atoms with Crippen LogP contribution in [0.3, 0.4) is 0 Å². The van der Waals surface area contributed by atoms with Crippen molar-refractivity contribution in [3.63, 3.8) is 0 Å². The van der Waals surface area contributed by atoms with Crippen LogP contribution < -0.4 is 0 Å². The highest BCUT2D eigenvalue weighted by Gasteiger charge is 2.34. The quantitative estimate of drug-likeness (QED) is 0.0492. The van der Waals surface area contributed by atoms with Gasteiger partial charge in [0.2, 0.25) is 0 Å². The zero-order valence-electron chi connectivity index (χ0n) is 27.7. The second-order valence-corrected chi connectivity index (χ2v) is 13.3. The second-order valence-electron chi connectivity index (χ2n) is 13.3. The topological polar surface area (TPSA) is 96.2 Å². The summed E-state index contributed by atoms with van der Waals surface area (Å²) < 4.78 is 11.2. The highest BCUT2D eigenvalue weighted by atomic mass is 16.5. The third kappa shape index (κ3) is 17.8. The van der Waals surface area contributed by atoms with Crippen LogP contribution in [-0.2, 0) is 14.3 Å². The fourth-order valence-electron chi connectivity index (χ4n) is 6.46. The molecule has 3 N–H and O–H groups in total. The van der Waals surface area contributed by atoms with Gasteiger partial charge in [0, 0.05) is 12.0 Å². The molecule has 1 saturated heterocycles. The lowest BCUT2D eigenvalue weighted by molar-refractivity contribution is -0.139. The Hall–Kier alpha value is -1.21. The predicted molar refractivity (Wildman–Crippen MR) is 176 cm³/mol. The number of cyclic esters (lactones) is 1. The van der Waals surface area contributed by atoms with Crippen molar-refractivity contribution in [1.82, 2.24) is 0 Å². The molecule has 2 aliphatic rings. The SMILES string of the molecule is CCCCCCCCCC/C=C\CCC(O)C1CCC(C(O)CCCCCCCCCCC(O)CC2=CC(C)OC2=O)O1. The van der Waals surface area contributed by atoms with Crippen molar-refractivity contribution in [2.45, 2.75) is 205 Å². The zero-order valence-corrected chi connectivity index (χ0v) is 27.7. The van der Waals surface area contributed by atoms with Gasteiger partial charge in [-0.05, 0) is 64.4 Å². The normalized spacial score (nSPS) is 22.7. The molecule has 0 amide bonds. The van der Waals surface area contributed by atoms with Gasteiger partial charge in [0.25, 0.3) is 0 Å². The number of hydrogen-bond acceptors (Lipinski definition) is 6. The molecule has 0 spiro atoms. The van der Waals surface area contributed by atoms with E-state index in [2.05, 4.69) is 19.1 Å². The van der Waals surface area contributed by atoms with E-state index in [0.717, 1.165) is 70.6 Å².